The lowest BCUT2D eigenvalue weighted by atomic mass is 10.0. The summed E-state index contributed by atoms with van der Waals surface area (Å²) in [5.74, 6) is 0.100. The molecule has 1 saturated heterocycles. The summed E-state index contributed by atoms with van der Waals surface area (Å²) in [4.78, 5) is 13.2. The van der Waals surface area contributed by atoms with Crippen molar-refractivity contribution in [2.75, 3.05) is 19.6 Å². The maximum Gasteiger partial charge on any atom is 0.573 e. The third-order valence-corrected chi connectivity index (χ3v) is 5.92. The van der Waals surface area contributed by atoms with E-state index >= 15 is 0 Å². The van der Waals surface area contributed by atoms with E-state index in [-0.39, 0.29) is 11.7 Å². The Morgan fingerprint density at radius 2 is 1.59 bits per heavy atom. The number of fused-ring (bicyclic) bond motifs is 1. The molecule has 0 unspecified atom stereocenters. The first-order valence-electron chi connectivity index (χ1n) is 11.2. The van der Waals surface area contributed by atoms with Crippen LogP contribution >= 0.6 is 0 Å². The Kier molecular flexibility index (Phi) is 8.56. The van der Waals surface area contributed by atoms with Gasteiger partial charge in [-0.2, -0.15) is 0 Å². The second-order valence-corrected chi connectivity index (χ2v) is 8.56. The highest BCUT2D eigenvalue weighted by atomic mass is 19.4. The SMILES string of the molecule is FC(F)(F)Oc1ccc(CCCN2CCCC2)cc1.NC(=O)CC1Cc2ccccc2C1. The molecule has 1 aliphatic heterocycles. The van der Waals surface area contributed by atoms with E-state index in [9.17, 15) is 18.0 Å². The maximum atomic E-state index is 12.0. The number of aryl methyl sites for hydroxylation is 1. The van der Waals surface area contributed by atoms with Gasteiger partial charge in [0.2, 0.25) is 5.91 Å². The number of likely N-dealkylation sites (tertiary alicyclic amines) is 1. The average molecular weight is 449 g/mol. The molecule has 1 heterocycles. The summed E-state index contributed by atoms with van der Waals surface area (Å²) in [6.45, 7) is 3.43. The third kappa shape index (κ3) is 8.19. The predicted octanol–water partition coefficient (Wildman–Crippen LogP) is 4.89. The Morgan fingerprint density at radius 1 is 1.00 bits per heavy atom. The topological polar surface area (TPSA) is 55.6 Å². The molecule has 2 aliphatic rings. The summed E-state index contributed by atoms with van der Waals surface area (Å²) in [6, 6.07) is 14.5. The number of nitrogens with zero attached hydrogens (tertiary/aromatic N) is 1. The standard InChI is InChI=1S/C14H18F3NO.C11H13NO/c15-14(16,17)19-13-7-5-12(6-8-13)4-3-11-18-9-1-2-10-18;12-11(13)7-8-5-9-3-1-2-4-10(9)6-8/h5-8H,1-4,9-11H2;1-4,8H,5-7H2,(H2,12,13). The van der Waals surface area contributed by atoms with Crippen LogP contribution in [0.25, 0.3) is 0 Å². The predicted molar refractivity (Wildman–Crippen MR) is 118 cm³/mol. The molecule has 1 amide bonds. The van der Waals surface area contributed by atoms with Crippen LogP contribution in [0.1, 0.15) is 42.4 Å². The molecule has 0 bridgehead atoms. The zero-order valence-electron chi connectivity index (χ0n) is 18.2. The number of benzene rings is 2. The molecule has 2 aromatic rings. The number of nitrogens with two attached hydrogens (primary N) is 1. The largest absolute Gasteiger partial charge is 0.573 e. The second-order valence-electron chi connectivity index (χ2n) is 8.56. The molecule has 1 aliphatic carbocycles. The Balaban J connectivity index is 0.000000193. The molecule has 2 aromatic carbocycles. The van der Waals surface area contributed by atoms with Crippen LogP contribution in [0.3, 0.4) is 0 Å². The van der Waals surface area contributed by atoms with Gasteiger partial charge in [0.1, 0.15) is 5.75 Å². The molecule has 2 N–H and O–H groups in total. The lowest BCUT2D eigenvalue weighted by Gasteiger charge is -2.14. The lowest BCUT2D eigenvalue weighted by Crippen LogP contribution is -2.20. The maximum absolute atomic E-state index is 12.0. The van der Waals surface area contributed by atoms with Crippen LogP contribution in [0.2, 0.25) is 0 Å². The Hall–Kier alpha value is -2.54. The molecular weight excluding hydrogens is 417 g/mol. The molecule has 32 heavy (non-hydrogen) atoms. The third-order valence-electron chi connectivity index (χ3n) is 5.92. The highest BCUT2D eigenvalue weighted by Crippen LogP contribution is 2.28. The van der Waals surface area contributed by atoms with Crippen LogP contribution in [0.4, 0.5) is 13.2 Å². The Labute approximate surface area is 187 Å². The zero-order valence-corrected chi connectivity index (χ0v) is 18.2. The van der Waals surface area contributed by atoms with Crippen molar-refractivity contribution in [2.45, 2.75) is 51.3 Å². The van der Waals surface area contributed by atoms with Crippen molar-refractivity contribution in [1.29, 1.82) is 0 Å². The summed E-state index contributed by atoms with van der Waals surface area (Å²) in [7, 11) is 0. The van der Waals surface area contributed by atoms with Crippen LogP contribution in [0, 0.1) is 5.92 Å². The number of carbonyl (C=O) groups excluding carboxylic acids is 1. The highest BCUT2D eigenvalue weighted by molar-refractivity contribution is 5.74. The molecule has 0 aromatic heterocycles. The molecule has 174 valence electrons. The number of halogens is 3. The molecular formula is C25H31F3N2O2. The average Bonchev–Trinajstić information content (AvgIpc) is 3.37. The van der Waals surface area contributed by atoms with E-state index in [0.717, 1.165) is 37.8 Å². The van der Waals surface area contributed by atoms with E-state index in [1.807, 2.05) is 12.1 Å². The van der Waals surface area contributed by atoms with E-state index in [1.165, 1.54) is 49.2 Å². The van der Waals surface area contributed by atoms with Gasteiger partial charge in [-0.1, -0.05) is 36.4 Å². The van der Waals surface area contributed by atoms with Crippen LogP contribution in [-0.4, -0.2) is 36.8 Å². The molecule has 0 spiro atoms. The number of ether oxygens (including phenoxy) is 1. The van der Waals surface area contributed by atoms with Gasteiger partial charge in [-0.3, -0.25) is 4.79 Å². The minimum absolute atomic E-state index is 0.157. The number of primary amides is 1. The van der Waals surface area contributed by atoms with Crippen LogP contribution < -0.4 is 10.5 Å². The molecule has 0 saturated carbocycles. The van der Waals surface area contributed by atoms with Crippen molar-refractivity contribution in [2.24, 2.45) is 11.7 Å². The number of hydrogen-bond donors (Lipinski definition) is 1. The van der Waals surface area contributed by atoms with Crippen LogP contribution in [0.15, 0.2) is 48.5 Å². The van der Waals surface area contributed by atoms with Gasteiger partial charge in [0.05, 0.1) is 0 Å². The fraction of sp³-hybridized carbons (Fsp3) is 0.480. The highest BCUT2D eigenvalue weighted by Gasteiger charge is 2.30. The number of amides is 1. The molecule has 1 fully saturated rings. The van der Waals surface area contributed by atoms with Gasteiger partial charge in [0.15, 0.2) is 0 Å². The van der Waals surface area contributed by atoms with Gasteiger partial charge in [0.25, 0.3) is 0 Å². The number of alkyl halides is 3. The summed E-state index contributed by atoms with van der Waals surface area (Å²) in [6.07, 6.45) is 2.43. The monoisotopic (exact) mass is 448 g/mol. The van der Waals surface area contributed by atoms with E-state index in [4.69, 9.17) is 5.73 Å². The fourth-order valence-electron chi connectivity index (χ4n) is 4.45. The molecule has 0 radical (unpaired) electrons. The van der Waals surface area contributed by atoms with Crippen molar-refractivity contribution in [3.8, 4) is 5.75 Å². The number of carbonyl (C=O) groups is 1. The van der Waals surface area contributed by atoms with Crippen molar-refractivity contribution < 1.29 is 22.7 Å². The minimum Gasteiger partial charge on any atom is -0.406 e. The number of rotatable bonds is 7. The van der Waals surface area contributed by atoms with Gasteiger partial charge in [0, 0.05) is 6.42 Å². The molecule has 4 nitrogen and oxygen atoms in total. The van der Waals surface area contributed by atoms with Crippen LogP contribution in [-0.2, 0) is 24.1 Å². The summed E-state index contributed by atoms with van der Waals surface area (Å²) in [5.41, 5.74) is 8.98. The van der Waals surface area contributed by atoms with Crippen molar-refractivity contribution >= 4 is 5.91 Å². The molecule has 0 atom stereocenters. The smallest absolute Gasteiger partial charge is 0.406 e. The number of hydrogen-bond acceptors (Lipinski definition) is 3. The lowest BCUT2D eigenvalue weighted by molar-refractivity contribution is -0.274. The van der Waals surface area contributed by atoms with Gasteiger partial charge in [-0.25, -0.2) is 0 Å². The van der Waals surface area contributed by atoms with Crippen molar-refractivity contribution in [1.82, 2.24) is 4.90 Å². The molecule has 7 heteroatoms. The minimum atomic E-state index is -4.61. The summed E-state index contributed by atoms with van der Waals surface area (Å²) >= 11 is 0. The first-order chi connectivity index (χ1) is 15.3. The first-order valence-corrected chi connectivity index (χ1v) is 11.2. The molecule has 4 rings (SSSR count). The Bertz CT molecular complexity index is 837. The van der Waals surface area contributed by atoms with Crippen molar-refractivity contribution in [3.05, 3.63) is 65.2 Å². The van der Waals surface area contributed by atoms with E-state index < -0.39 is 6.36 Å². The normalized spacial score (nSPS) is 16.3. The second kappa shape index (κ2) is 11.4. The summed E-state index contributed by atoms with van der Waals surface area (Å²) < 4.78 is 39.8. The quantitative estimate of drug-likeness (QED) is 0.656. The van der Waals surface area contributed by atoms with E-state index in [2.05, 4.69) is 21.8 Å². The van der Waals surface area contributed by atoms with Crippen molar-refractivity contribution in [3.63, 3.8) is 0 Å². The van der Waals surface area contributed by atoms with E-state index in [1.54, 1.807) is 12.1 Å². The van der Waals surface area contributed by atoms with Crippen LogP contribution in [0.5, 0.6) is 5.75 Å². The van der Waals surface area contributed by atoms with Gasteiger partial charge >= 0.3 is 6.36 Å². The fourth-order valence-corrected chi connectivity index (χ4v) is 4.45. The van der Waals surface area contributed by atoms with Gasteiger partial charge in [-0.05, 0) is 92.9 Å². The van der Waals surface area contributed by atoms with Gasteiger partial charge < -0.3 is 15.4 Å². The van der Waals surface area contributed by atoms with Gasteiger partial charge in [-0.15, -0.1) is 13.2 Å². The van der Waals surface area contributed by atoms with E-state index in [0.29, 0.717) is 12.3 Å². The first kappa shape index (κ1) is 24.1. The Morgan fingerprint density at radius 3 is 2.12 bits per heavy atom. The zero-order chi connectivity index (χ0) is 23.0. The summed E-state index contributed by atoms with van der Waals surface area (Å²) in [5, 5.41) is 0.